The van der Waals surface area contributed by atoms with Crippen LogP contribution >= 0.6 is 0 Å². The molecular weight excluding hydrogens is 272 g/mol. The third-order valence-corrected chi connectivity index (χ3v) is 3.22. The van der Waals surface area contributed by atoms with Crippen LogP contribution in [0, 0.1) is 11.6 Å². The fourth-order valence-corrected chi connectivity index (χ4v) is 1.95. The normalized spacial score (nSPS) is 12.2. The van der Waals surface area contributed by atoms with Crippen LogP contribution in [0.3, 0.4) is 0 Å². The molecule has 112 valence electrons. The maximum absolute atomic E-state index is 13.5. The van der Waals surface area contributed by atoms with E-state index >= 15 is 0 Å². The van der Waals surface area contributed by atoms with Gasteiger partial charge in [-0.05, 0) is 49.6 Å². The fraction of sp³-hybridized carbons (Fsp3) is 0.294. The van der Waals surface area contributed by atoms with Crippen molar-refractivity contribution in [2.75, 3.05) is 0 Å². The summed E-state index contributed by atoms with van der Waals surface area (Å²) < 4.78 is 31.8. The molecule has 0 aliphatic rings. The van der Waals surface area contributed by atoms with E-state index in [9.17, 15) is 8.78 Å². The van der Waals surface area contributed by atoms with E-state index in [1.165, 1.54) is 17.7 Å². The van der Waals surface area contributed by atoms with E-state index in [4.69, 9.17) is 10.5 Å². The first-order chi connectivity index (χ1) is 10.0. The predicted molar refractivity (Wildman–Crippen MR) is 79.1 cm³/mol. The summed E-state index contributed by atoms with van der Waals surface area (Å²) in [6.45, 7) is 2.06. The Morgan fingerprint density at radius 2 is 1.81 bits per heavy atom. The number of benzene rings is 2. The molecule has 0 saturated carbocycles. The van der Waals surface area contributed by atoms with E-state index in [0.717, 1.165) is 18.9 Å². The molecule has 2 N–H and O–H groups in total. The van der Waals surface area contributed by atoms with Crippen molar-refractivity contribution in [1.82, 2.24) is 0 Å². The van der Waals surface area contributed by atoms with Crippen LogP contribution in [0.25, 0.3) is 0 Å². The minimum atomic E-state index is -0.594. The van der Waals surface area contributed by atoms with Gasteiger partial charge in [0.25, 0.3) is 0 Å². The molecule has 0 bridgehead atoms. The number of rotatable bonds is 6. The molecule has 2 nitrogen and oxygen atoms in total. The van der Waals surface area contributed by atoms with Gasteiger partial charge in [0.05, 0.1) is 0 Å². The van der Waals surface area contributed by atoms with Crippen molar-refractivity contribution in [2.24, 2.45) is 5.73 Å². The van der Waals surface area contributed by atoms with Crippen LogP contribution in [0.1, 0.15) is 24.5 Å². The van der Waals surface area contributed by atoms with Crippen molar-refractivity contribution in [1.29, 1.82) is 0 Å². The summed E-state index contributed by atoms with van der Waals surface area (Å²) in [4.78, 5) is 0. The lowest BCUT2D eigenvalue weighted by atomic mass is 10.1. The van der Waals surface area contributed by atoms with Gasteiger partial charge < -0.3 is 10.5 Å². The molecule has 0 aliphatic carbocycles. The lowest BCUT2D eigenvalue weighted by molar-refractivity contribution is 0.299. The van der Waals surface area contributed by atoms with Gasteiger partial charge >= 0.3 is 0 Å². The van der Waals surface area contributed by atoms with Gasteiger partial charge in [0.2, 0.25) is 0 Å². The average Bonchev–Trinajstić information content (AvgIpc) is 2.45. The van der Waals surface area contributed by atoms with Crippen molar-refractivity contribution >= 4 is 0 Å². The molecule has 0 aromatic heterocycles. The molecule has 21 heavy (non-hydrogen) atoms. The molecule has 0 heterocycles. The van der Waals surface area contributed by atoms with Gasteiger partial charge in [-0.15, -0.1) is 0 Å². The van der Waals surface area contributed by atoms with Crippen molar-refractivity contribution in [3.05, 3.63) is 65.2 Å². The second kappa shape index (κ2) is 7.18. The number of nitrogens with two attached hydrogens (primary N) is 1. The number of hydrogen-bond donors (Lipinski definition) is 1. The molecule has 4 heteroatoms. The quantitative estimate of drug-likeness (QED) is 0.878. The number of hydrogen-bond acceptors (Lipinski definition) is 2. The summed E-state index contributed by atoms with van der Waals surface area (Å²) in [6, 6.07) is 11.3. The monoisotopic (exact) mass is 291 g/mol. The molecule has 1 unspecified atom stereocenters. The molecule has 0 fully saturated rings. The molecule has 2 aromatic rings. The summed E-state index contributed by atoms with van der Waals surface area (Å²) in [7, 11) is 0. The summed E-state index contributed by atoms with van der Waals surface area (Å²) in [5, 5.41) is 0. The molecular formula is C17H19F2NO. The Balaban J connectivity index is 1.91. The first kappa shape index (κ1) is 15.4. The molecule has 0 aliphatic heterocycles. The van der Waals surface area contributed by atoms with E-state index in [0.29, 0.717) is 11.3 Å². The number of halogens is 2. The van der Waals surface area contributed by atoms with Gasteiger partial charge in [-0.25, -0.2) is 8.78 Å². The second-order valence-corrected chi connectivity index (χ2v) is 5.18. The highest BCUT2D eigenvalue weighted by atomic mass is 19.1. The highest BCUT2D eigenvalue weighted by molar-refractivity contribution is 5.28. The molecule has 2 rings (SSSR count). The zero-order valence-electron chi connectivity index (χ0n) is 12.0. The number of aryl methyl sites for hydroxylation is 1. The maximum Gasteiger partial charge on any atom is 0.132 e. The van der Waals surface area contributed by atoms with Crippen LogP contribution in [0.5, 0.6) is 5.75 Å². The first-order valence-corrected chi connectivity index (χ1v) is 6.96. The van der Waals surface area contributed by atoms with Gasteiger partial charge in [-0.3, -0.25) is 0 Å². The van der Waals surface area contributed by atoms with Crippen LogP contribution in [0.2, 0.25) is 0 Å². The van der Waals surface area contributed by atoms with Crippen LogP contribution < -0.4 is 10.5 Å². The lowest BCUT2D eigenvalue weighted by Gasteiger charge is -2.09. The Morgan fingerprint density at radius 1 is 1.10 bits per heavy atom. The van der Waals surface area contributed by atoms with Crippen molar-refractivity contribution in [2.45, 2.75) is 32.4 Å². The first-order valence-electron chi connectivity index (χ1n) is 6.96. The van der Waals surface area contributed by atoms with Gasteiger partial charge in [-0.1, -0.05) is 12.1 Å². The summed E-state index contributed by atoms with van der Waals surface area (Å²) in [6.07, 6.45) is 1.85. The van der Waals surface area contributed by atoms with E-state index in [1.54, 1.807) is 0 Å². The minimum absolute atomic E-state index is 0.0747. The zero-order chi connectivity index (χ0) is 15.2. The van der Waals surface area contributed by atoms with Gasteiger partial charge in [0.15, 0.2) is 0 Å². The molecule has 0 spiro atoms. The van der Waals surface area contributed by atoms with Gasteiger partial charge in [0, 0.05) is 17.7 Å². The van der Waals surface area contributed by atoms with Crippen molar-refractivity contribution in [3.8, 4) is 5.75 Å². The molecule has 0 amide bonds. The average molecular weight is 291 g/mol. The van der Waals surface area contributed by atoms with E-state index in [2.05, 4.69) is 0 Å². The Hall–Kier alpha value is -1.94. The highest BCUT2D eigenvalue weighted by Crippen LogP contribution is 2.17. The summed E-state index contributed by atoms with van der Waals surface area (Å²) in [5.74, 6) is -0.526. The minimum Gasteiger partial charge on any atom is -0.489 e. The largest absolute Gasteiger partial charge is 0.489 e. The topological polar surface area (TPSA) is 35.2 Å². The molecule has 0 radical (unpaired) electrons. The Labute approximate surface area is 123 Å². The Bertz CT molecular complexity index is 582. The maximum atomic E-state index is 13.5. The molecule has 1 atom stereocenters. The van der Waals surface area contributed by atoms with Crippen LogP contribution in [-0.2, 0) is 13.0 Å². The SMILES string of the molecule is CC(N)CCc1ccc(OCc2ccc(F)cc2F)cc1. The molecule has 0 saturated heterocycles. The fourth-order valence-electron chi connectivity index (χ4n) is 1.95. The second-order valence-electron chi connectivity index (χ2n) is 5.18. The zero-order valence-corrected chi connectivity index (χ0v) is 12.0. The van der Waals surface area contributed by atoms with Crippen LogP contribution in [0.15, 0.2) is 42.5 Å². The van der Waals surface area contributed by atoms with Crippen molar-refractivity contribution < 1.29 is 13.5 Å². The predicted octanol–water partition coefficient (Wildman–Crippen LogP) is 3.82. The summed E-state index contributed by atoms with van der Waals surface area (Å²) in [5.41, 5.74) is 7.24. The number of ether oxygens (including phenoxy) is 1. The Kier molecular flexibility index (Phi) is 5.28. The van der Waals surface area contributed by atoms with E-state index < -0.39 is 11.6 Å². The van der Waals surface area contributed by atoms with Gasteiger partial charge in [0.1, 0.15) is 24.0 Å². The van der Waals surface area contributed by atoms with Crippen LogP contribution in [0.4, 0.5) is 8.78 Å². The highest BCUT2D eigenvalue weighted by Gasteiger charge is 2.05. The lowest BCUT2D eigenvalue weighted by Crippen LogP contribution is -2.15. The van der Waals surface area contributed by atoms with E-state index in [1.807, 2.05) is 31.2 Å². The third-order valence-electron chi connectivity index (χ3n) is 3.22. The third kappa shape index (κ3) is 4.83. The Morgan fingerprint density at radius 3 is 2.43 bits per heavy atom. The summed E-state index contributed by atoms with van der Waals surface area (Å²) >= 11 is 0. The van der Waals surface area contributed by atoms with Crippen molar-refractivity contribution in [3.63, 3.8) is 0 Å². The van der Waals surface area contributed by atoms with Crippen LogP contribution in [-0.4, -0.2) is 6.04 Å². The molecule has 2 aromatic carbocycles. The van der Waals surface area contributed by atoms with E-state index in [-0.39, 0.29) is 12.6 Å². The standard InChI is InChI=1S/C17H19F2NO/c1-12(20)2-3-13-4-8-16(9-5-13)21-11-14-6-7-15(18)10-17(14)19/h4-10,12H,2-3,11,20H2,1H3. The smallest absolute Gasteiger partial charge is 0.132 e. The van der Waals surface area contributed by atoms with Gasteiger partial charge in [-0.2, -0.15) is 0 Å².